The van der Waals surface area contributed by atoms with Crippen LogP contribution in [0.15, 0.2) is 46.5 Å². The van der Waals surface area contributed by atoms with E-state index in [1.807, 2.05) is 17.7 Å². The van der Waals surface area contributed by atoms with E-state index in [2.05, 4.69) is 9.97 Å². The Bertz CT molecular complexity index is 915. The number of benzene rings is 1. The highest BCUT2D eigenvalue weighted by Crippen LogP contribution is 2.13. The molecule has 1 unspecified atom stereocenters. The zero-order chi connectivity index (χ0) is 15.7. The first-order chi connectivity index (χ1) is 10.5. The van der Waals surface area contributed by atoms with E-state index in [0.717, 1.165) is 0 Å². The number of fused-ring (bicyclic) bond motifs is 1. The second kappa shape index (κ2) is 7.02. The van der Waals surface area contributed by atoms with Crippen molar-refractivity contribution in [2.45, 2.75) is 20.0 Å². The van der Waals surface area contributed by atoms with Crippen LogP contribution >= 0.6 is 24.0 Å². The Morgan fingerprint density at radius 2 is 2.09 bits per heavy atom. The normalized spacial score (nSPS) is 12.1. The van der Waals surface area contributed by atoms with Crippen molar-refractivity contribution in [1.82, 2.24) is 19.1 Å². The highest BCUT2D eigenvalue weighted by molar-refractivity contribution is 6.31. The smallest absolute Gasteiger partial charge is 0.328 e. The van der Waals surface area contributed by atoms with Crippen molar-refractivity contribution >= 4 is 34.9 Å². The van der Waals surface area contributed by atoms with E-state index in [-0.39, 0.29) is 23.9 Å². The van der Waals surface area contributed by atoms with Gasteiger partial charge in [-0.2, -0.15) is 0 Å². The van der Waals surface area contributed by atoms with Crippen LogP contribution in [0.5, 0.6) is 0 Å². The molecule has 23 heavy (non-hydrogen) atoms. The minimum atomic E-state index is -0.405. The van der Waals surface area contributed by atoms with Crippen molar-refractivity contribution in [2.75, 3.05) is 0 Å². The summed E-state index contributed by atoms with van der Waals surface area (Å²) >= 11 is 5.93. The van der Waals surface area contributed by atoms with Gasteiger partial charge in [-0.05, 0) is 24.1 Å². The number of nitrogens with zero attached hydrogens (tertiary/aromatic N) is 3. The Hall–Kier alpha value is -2.05. The van der Waals surface area contributed by atoms with Crippen LogP contribution in [0.25, 0.3) is 10.9 Å². The fraction of sp³-hybridized carbons (Fsp3) is 0.267. The minimum Gasteiger partial charge on any atom is -0.337 e. The first-order valence-corrected chi connectivity index (χ1v) is 7.30. The summed E-state index contributed by atoms with van der Waals surface area (Å²) in [5.41, 5.74) is -0.228. The van der Waals surface area contributed by atoms with E-state index in [0.29, 0.717) is 29.0 Å². The lowest BCUT2D eigenvalue weighted by Gasteiger charge is -2.13. The van der Waals surface area contributed by atoms with Gasteiger partial charge in [-0.3, -0.25) is 9.36 Å². The summed E-state index contributed by atoms with van der Waals surface area (Å²) in [6, 6.07) is 4.86. The molecule has 0 amide bonds. The number of imidazole rings is 1. The van der Waals surface area contributed by atoms with Gasteiger partial charge in [0, 0.05) is 30.5 Å². The standard InChI is InChI=1S/C15H15ClN4O2.ClH/c1-10(7-19-5-4-17-9-19)8-20-14(21)12-6-11(16)2-3-13(12)18-15(20)22;/h2-6,9-10H,7-8H2,1H3,(H,18,22);1H. The van der Waals surface area contributed by atoms with E-state index in [9.17, 15) is 9.59 Å². The molecule has 0 fully saturated rings. The molecule has 0 radical (unpaired) electrons. The highest BCUT2D eigenvalue weighted by atomic mass is 35.5. The summed E-state index contributed by atoms with van der Waals surface area (Å²) in [5, 5.41) is 0.886. The predicted molar refractivity (Wildman–Crippen MR) is 92.5 cm³/mol. The summed E-state index contributed by atoms with van der Waals surface area (Å²) in [7, 11) is 0. The topological polar surface area (TPSA) is 72.7 Å². The zero-order valence-electron chi connectivity index (χ0n) is 12.4. The van der Waals surface area contributed by atoms with Crippen molar-refractivity contribution < 1.29 is 0 Å². The number of hydrogen-bond donors (Lipinski definition) is 1. The van der Waals surface area contributed by atoms with Gasteiger partial charge in [0.1, 0.15) is 0 Å². The maximum absolute atomic E-state index is 12.5. The number of H-pyrrole nitrogens is 1. The fourth-order valence-corrected chi connectivity index (χ4v) is 2.68. The first kappa shape index (κ1) is 17.3. The molecule has 3 rings (SSSR count). The molecular formula is C15H16Cl2N4O2. The number of nitrogens with one attached hydrogen (secondary N) is 1. The lowest BCUT2D eigenvalue weighted by Crippen LogP contribution is -2.37. The van der Waals surface area contributed by atoms with Crippen molar-refractivity contribution in [1.29, 1.82) is 0 Å². The summed E-state index contributed by atoms with van der Waals surface area (Å²) in [6.07, 6.45) is 5.26. The van der Waals surface area contributed by atoms with Crippen molar-refractivity contribution in [3.05, 3.63) is 62.8 Å². The molecule has 1 atom stereocenters. The van der Waals surface area contributed by atoms with Crippen LogP contribution in [0.2, 0.25) is 5.02 Å². The number of hydrogen-bond acceptors (Lipinski definition) is 3. The lowest BCUT2D eigenvalue weighted by atomic mass is 10.1. The fourth-order valence-electron chi connectivity index (χ4n) is 2.51. The number of aromatic nitrogens is 4. The van der Waals surface area contributed by atoms with Crippen LogP contribution in [0.1, 0.15) is 6.92 Å². The first-order valence-electron chi connectivity index (χ1n) is 6.92. The molecule has 3 aromatic rings. The summed E-state index contributed by atoms with van der Waals surface area (Å²) in [5.74, 6) is 0.102. The second-order valence-corrected chi connectivity index (χ2v) is 5.84. The van der Waals surface area contributed by atoms with E-state index in [4.69, 9.17) is 11.6 Å². The largest absolute Gasteiger partial charge is 0.337 e. The molecule has 0 bridgehead atoms. The van der Waals surface area contributed by atoms with Gasteiger partial charge in [0.25, 0.3) is 5.56 Å². The molecule has 8 heteroatoms. The molecule has 0 saturated heterocycles. The van der Waals surface area contributed by atoms with Crippen LogP contribution in [0, 0.1) is 5.92 Å². The van der Waals surface area contributed by atoms with Gasteiger partial charge in [-0.25, -0.2) is 9.78 Å². The summed E-state index contributed by atoms with van der Waals surface area (Å²) in [4.78, 5) is 31.3. The monoisotopic (exact) mass is 354 g/mol. The van der Waals surface area contributed by atoms with Crippen LogP contribution < -0.4 is 11.2 Å². The predicted octanol–water partition coefficient (Wildman–Crippen LogP) is 2.30. The molecule has 0 saturated carbocycles. The molecule has 0 aliphatic carbocycles. The van der Waals surface area contributed by atoms with Crippen LogP contribution in [-0.2, 0) is 13.1 Å². The molecule has 122 valence electrons. The molecule has 0 spiro atoms. The Morgan fingerprint density at radius 3 is 2.78 bits per heavy atom. The van der Waals surface area contributed by atoms with Crippen molar-refractivity contribution in [3.63, 3.8) is 0 Å². The SMILES string of the molecule is CC(Cn1ccnc1)Cn1c(=O)[nH]c2ccc(Cl)cc2c1=O.Cl. The van der Waals surface area contributed by atoms with E-state index >= 15 is 0 Å². The Balaban J connectivity index is 0.00000192. The molecule has 2 heterocycles. The lowest BCUT2D eigenvalue weighted by molar-refractivity contribution is 0.403. The summed E-state index contributed by atoms with van der Waals surface area (Å²) in [6.45, 7) is 2.99. The third-order valence-corrected chi connectivity index (χ3v) is 3.75. The van der Waals surface area contributed by atoms with Gasteiger partial charge in [0.15, 0.2) is 0 Å². The molecule has 1 N–H and O–H groups in total. The Kier molecular flexibility index (Phi) is 5.28. The maximum atomic E-state index is 12.5. The van der Waals surface area contributed by atoms with Crippen molar-refractivity contribution in [2.24, 2.45) is 5.92 Å². The third-order valence-electron chi connectivity index (χ3n) is 3.52. The van der Waals surface area contributed by atoms with Gasteiger partial charge >= 0.3 is 5.69 Å². The van der Waals surface area contributed by atoms with Crippen LogP contribution in [-0.4, -0.2) is 19.1 Å². The average Bonchev–Trinajstić information content (AvgIpc) is 2.97. The molecular weight excluding hydrogens is 339 g/mol. The van der Waals surface area contributed by atoms with Gasteiger partial charge in [0.2, 0.25) is 0 Å². The molecule has 1 aromatic carbocycles. The molecule has 2 aromatic heterocycles. The average molecular weight is 355 g/mol. The maximum Gasteiger partial charge on any atom is 0.328 e. The van der Waals surface area contributed by atoms with Crippen LogP contribution in [0.4, 0.5) is 0 Å². The molecule has 6 nitrogen and oxygen atoms in total. The Morgan fingerprint density at radius 1 is 1.30 bits per heavy atom. The zero-order valence-corrected chi connectivity index (χ0v) is 14.0. The van der Waals surface area contributed by atoms with Gasteiger partial charge < -0.3 is 9.55 Å². The molecule has 0 aliphatic heterocycles. The van der Waals surface area contributed by atoms with Crippen molar-refractivity contribution in [3.8, 4) is 0 Å². The molecule has 0 aliphatic rings. The highest BCUT2D eigenvalue weighted by Gasteiger charge is 2.12. The number of halogens is 2. The third kappa shape index (κ3) is 3.65. The summed E-state index contributed by atoms with van der Waals surface area (Å²) < 4.78 is 3.14. The Labute approximate surface area is 143 Å². The van der Waals surface area contributed by atoms with E-state index < -0.39 is 5.69 Å². The quantitative estimate of drug-likeness (QED) is 0.781. The number of aromatic amines is 1. The van der Waals surface area contributed by atoms with Crippen LogP contribution in [0.3, 0.4) is 0 Å². The van der Waals surface area contributed by atoms with E-state index in [1.165, 1.54) is 4.57 Å². The van der Waals surface area contributed by atoms with Gasteiger partial charge in [-0.15, -0.1) is 12.4 Å². The second-order valence-electron chi connectivity index (χ2n) is 5.40. The number of rotatable bonds is 4. The van der Waals surface area contributed by atoms with E-state index in [1.54, 1.807) is 30.7 Å². The van der Waals surface area contributed by atoms with Gasteiger partial charge in [-0.1, -0.05) is 18.5 Å². The minimum absolute atomic E-state index is 0. The van der Waals surface area contributed by atoms with Gasteiger partial charge in [0.05, 0.1) is 17.2 Å².